The Kier molecular flexibility index (Phi) is 7.03. The van der Waals surface area contributed by atoms with E-state index in [0.29, 0.717) is 28.6 Å². The standard InChI is InChI=1S/C22H17Cl2FN2O3/c23-18-6-3-16(21(24)13-18)11-12-26(22(28)17-4-7-19(25)8-5-17)14-15-1-9-20(10-2-15)27(29)30/h1-10,13H,11-12,14H2. The summed E-state index contributed by atoms with van der Waals surface area (Å²) in [6.45, 7) is 0.577. The predicted molar refractivity (Wildman–Crippen MR) is 114 cm³/mol. The van der Waals surface area contributed by atoms with Gasteiger partial charge >= 0.3 is 0 Å². The number of benzene rings is 3. The van der Waals surface area contributed by atoms with Crippen LogP contribution in [0.1, 0.15) is 21.5 Å². The van der Waals surface area contributed by atoms with Crippen molar-refractivity contribution in [1.29, 1.82) is 0 Å². The SMILES string of the molecule is O=C(c1ccc(F)cc1)N(CCc1ccc(Cl)cc1Cl)Cc1ccc([N+](=O)[O-])cc1. The molecule has 1 amide bonds. The molecule has 0 heterocycles. The molecule has 0 radical (unpaired) electrons. The highest BCUT2D eigenvalue weighted by Gasteiger charge is 2.18. The topological polar surface area (TPSA) is 63.5 Å². The van der Waals surface area contributed by atoms with Gasteiger partial charge in [0.05, 0.1) is 4.92 Å². The Morgan fingerprint density at radius 2 is 1.67 bits per heavy atom. The van der Waals surface area contributed by atoms with Crippen molar-refractivity contribution in [3.63, 3.8) is 0 Å². The van der Waals surface area contributed by atoms with Gasteiger partial charge in [-0.25, -0.2) is 4.39 Å². The molecule has 5 nitrogen and oxygen atoms in total. The Bertz CT molecular complexity index is 1060. The van der Waals surface area contributed by atoms with Crippen LogP contribution in [0.5, 0.6) is 0 Å². The van der Waals surface area contributed by atoms with E-state index in [9.17, 15) is 19.3 Å². The number of carbonyl (C=O) groups is 1. The monoisotopic (exact) mass is 446 g/mol. The molecule has 8 heteroatoms. The molecule has 30 heavy (non-hydrogen) atoms. The van der Waals surface area contributed by atoms with E-state index >= 15 is 0 Å². The molecule has 0 bridgehead atoms. The maximum Gasteiger partial charge on any atom is 0.269 e. The highest BCUT2D eigenvalue weighted by molar-refractivity contribution is 6.35. The fourth-order valence-electron chi connectivity index (χ4n) is 2.95. The van der Waals surface area contributed by atoms with Crippen LogP contribution >= 0.6 is 23.2 Å². The maximum atomic E-state index is 13.2. The minimum atomic E-state index is -0.478. The summed E-state index contributed by atoms with van der Waals surface area (Å²) in [5, 5.41) is 11.9. The molecule has 3 rings (SSSR count). The first-order chi connectivity index (χ1) is 14.3. The van der Waals surface area contributed by atoms with Gasteiger partial charge in [-0.15, -0.1) is 0 Å². The van der Waals surface area contributed by atoms with Crippen LogP contribution in [-0.4, -0.2) is 22.3 Å². The number of nitro benzene ring substituents is 1. The molecule has 0 saturated heterocycles. The minimum Gasteiger partial charge on any atom is -0.334 e. The van der Waals surface area contributed by atoms with Crippen LogP contribution in [0, 0.1) is 15.9 Å². The number of hydrogen-bond donors (Lipinski definition) is 0. The summed E-state index contributed by atoms with van der Waals surface area (Å²) in [7, 11) is 0. The van der Waals surface area contributed by atoms with Gasteiger partial charge in [0.25, 0.3) is 11.6 Å². The summed E-state index contributed by atoms with van der Waals surface area (Å²) in [6.07, 6.45) is 0.482. The van der Waals surface area contributed by atoms with E-state index in [-0.39, 0.29) is 18.1 Å². The van der Waals surface area contributed by atoms with E-state index in [1.165, 1.54) is 36.4 Å². The lowest BCUT2D eigenvalue weighted by Crippen LogP contribution is -2.32. The average molecular weight is 447 g/mol. The smallest absolute Gasteiger partial charge is 0.269 e. The van der Waals surface area contributed by atoms with Gasteiger partial charge in [-0.1, -0.05) is 41.4 Å². The van der Waals surface area contributed by atoms with Crippen molar-refractivity contribution in [1.82, 2.24) is 4.90 Å². The quantitative estimate of drug-likeness (QED) is 0.333. The summed E-state index contributed by atoms with van der Waals surface area (Å²) in [4.78, 5) is 25.0. The number of carbonyl (C=O) groups excluding carboxylic acids is 1. The van der Waals surface area contributed by atoms with E-state index in [4.69, 9.17) is 23.2 Å². The van der Waals surface area contributed by atoms with Gasteiger partial charge in [-0.3, -0.25) is 14.9 Å². The van der Waals surface area contributed by atoms with Gasteiger partial charge in [0.1, 0.15) is 5.82 Å². The first kappa shape index (κ1) is 21.7. The molecular formula is C22H17Cl2FN2O3. The van der Waals surface area contributed by atoms with Crippen molar-refractivity contribution in [2.45, 2.75) is 13.0 Å². The van der Waals surface area contributed by atoms with Crippen molar-refractivity contribution in [2.75, 3.05) is 6.54 Å². The number of nitrogens with zero attached hydrogens (tertiary/aromatic N) is 2. The van der Waals surface area contributed by atoms with Crippen molar-refractivity contribution >= 4 is 34.8 Å². The largest absolute Gasteiger partial charge is 0.334 e. The molecule has 0 aliphatic carbocycles. The lowest BCUT2D eigenvalue weighted by atomic mass is 10.1. The highest BCUT2D eigenvalue weighted by Crippen LogP contribution is 2.22. The molecule has 0 atom stereocenters. The first-order valence-corrected chi connectivity index (χ1v) is 9.81. The van der Waals surface area contributed by atoms with Crippen LogP contribution in [0.2, 0.25) is 10.0 Å². The second-order valence-electron chi connectivity index (χ2n) is 6.64. The van der Waals surface area contributed by atoms with Gasteiger partial charge in [-0.05, 0) is 53.9 Å². The Morgan fingerprint density at radius 1 is 1.00 bits per heavy atom. The maximum absolute atomic E-state index is 13.2. The molecule has 0 aliphatic rings. The molecule has 0 aliphatic heterocycles. The van der Waals surface area contributed by atoms with Crippen molar-refractivity contribution < 1.29 is 14.1 Å². The van der Waals surface area contributed by atoms with Crippen LogP contribution in [-0.2, 0) is 13.0 Å². The lowest BCUT2D eigenvalue weighted by Gasteiger charge is -2.23. The second kappa shape index (κ2) is 9.69. The molecular weight excluding hydrogens is 430 g/mol. The summed E-state index contributed by atoms with van der Waals surface area (Å²) in [5.41, 5.74) is 1.89. The van der Waals surface area contributed by atoms with Gasteiger partial charge in [0.15, 0.2) is 0 Å². The van der Waals surface area contributed by atoms with E-state index in [0.717, 1.165) is 11.1 Å². The van der Waals surface area contributed by atoms with E-state index in [1.54, 1.807) is 35.2 Å². The van der Waals surface area contributed by atoms with Crippen LogP contribution in [0.4, 0.5) is 10.1 Å². The highest BCUT2D eigenvalue weighted by atomic mass is 35.5. The Labute approximate surface area is 182 Å². The zero-order chi connectivity index (χ0) is 21.7. The lowest BCUT2D eigenvalue weighted by molar-refractivity contribution is -0.384. The van der Waals surface area contributed by atoms with Crippen molar-refractivity contribution in [3.05, 3.63) is 109 Å². The molecule has 0 saturated carbocycles. The predicted octanol–water partition coefficient (Wildman–Crippen LogP) is 5.93. The van der Waals surface area contributed by atoms with Gasteiger partial charge in [0.2, 0.25) is 0 Å². The number of hydrogen-bond acceptors (Lipinski definition) is 3. The molecule has 0 fully saturated rings. The zero-order valence-electron chi connectivity index (χ0n) is 15.7. The molecule has 154 valence electrons. The zero-order valence-corrected chi connectivity index (χ0v) is 17.2. The van der Waals surface area contributed by atoms with Crippen molar-refractivity contribution in [3.8, 4) is 0 Å². The number of amides is 1. The number of nitro groups is 1. The van der Waals surface area contributed by atoms with E-state index in [2.05, 4.69) is 0 Å². The normalized spacial score (nSPS) is 10.6. The summed E-state index contributed by atoms with van der Waals surface area (Å²) < 4.78 is 13.2. The van der Waals surface area contributed by atoms with Crippen LogP contribution < -0.4 is 0 Å². The molecule has 3 aromatic carbocycles. The minimum absolute atomic E-state index is 0.0249. The molecule has 0 aromatic heterocycles. The third-order valence-electron chi connectivity index (χ3n) is 4.57. The van der Waals surface area contributed by atoms with E-state index in [1.807, 2.05) is 0 Å². The second-order valence-corrected chi connectivity index (χ2v) is 7.49. The third kappa shape index (κ3) is 5.55. The fraction of sp³-hybridized carbons (Fsp3) is 0.136. The number of rotatable bonds is 7. The third-order valence-corrected chi connectivity index (χ3v) is 5.15. The molecule has 0 unspecified atom stereocenters. The van der Waals surface area contributed by atoms with Crippen LogP contribution in [0.3, 0.4) is 0 Å². The van der Waals surface area contributed by atoms with Crippen LogP contribution in [0.25, 0.3) is 0 Å². The summed E-state index contributed by atoms with van der Waals surface area (Å²) in [5.74, 6) is -0.708. The molecule has 0 spiro atoms. The number of non-ortho nitro benzene ring substituents is 1. The first-order valence-electron chi connectivity index (χ1n) is 9.05. The van der Waals surface area contributed by atoms with Crippen molar-refractivity contribution in [2.24, 2.45) is 0 Å². The molecule has 3 aromatic rings. The van der Waals surface area contributed by atoms with Gasteiger partial charge in [-0.2, -0.15) is 0 Å². The number of halogens is 3. The Hall–Kier alpha value is -2.96. The Morgan fingerprint density at radius 3 is 2.27 bits per heavy atom. The van der Waals surface area contributed by atoms with Gasteiger partial charge < -0.3 is 4.90 Å². The summed E-state index contributed by atoms with van der Waals surface area (Å²) in [6, 6.07) is 16.5. The summed E-state index contributed by atoms with van der Waals surface area (Å²) >= 11 is 12.2. The van der Waals surface area contributed by atoms with Gasteiger partial charge in [0, 0.05) is 40.8 Å². The fourth-order valence-corrected chi connectivity index (χ4v) is 3.45. The van der Waals surface area contributed by atoms with Crippen LogP contribution in [0.15, 0.2) is 66.7 Å². The van der Waals surface area contributed by atoms with E-state index < -0.39 is 10.7 Å². The Balaban J connectivity index is 1.82. The average Bonchev–Trinajstić information content (AvgIpc) is 2.72. The molecule has 0 N–H and O–H groups in total.